The fourth-order valence-electron chi connectivity index (χ4n) is 2.50. The highest BCUT2D eigenvalue weighted by molar-refractivity contribution is 5.37. The molecule has 1 aliphatic carbocycles. The van der Waals surface area contributed by atoms with E-state index >= 15 is 0 Å². The SMILES string of the molecule is c1ccc2c(c1)CC(c1noc(CNCC3CC3)n1)O2. The molecule has 20 heavy (non-hydrogen) atoms. The number of nitrogens with zero attached hydrogens (tertiary/aromatic N) is 2. The minimum absolute atomic E-state index is 0.117. The molecule has 0 spiro atoms. The van der Waals surface area contributed by atoms with Gasteiger partial charge in [0, 0.05) is 6.42 Å². The van der Waals surface area contributed by atoms with Crippen molar-refractivity contribution in [2.24, 2.45) is 5.92 Å². The molecule has 5 nitrogen and oxygen atoms in total. The first kappa shape index (κ1) is 11.9. The van der Waals surface area contributed by atoms with Crippen molar-refractivity contribution >= 4 is 0 Å². The molecule has 0 bridgehead atoms. The average molecular weight is 271 g/mol. The zero-order valence-corrected chi connectivity index (χ0v) is 11.2. The van der Waals surface area contributed by atoms with Crippen LogP contribution in [0.1, 0.15) is 36.2 Å². The third kappa shape index (κ3) is 2.41. The van der Waals surface area contributed by atoms with Gasteiger partial charge in [-0.1, -0.05) is 23.4 Å². The summed E-state index contributed by atoms with van der Waals surface area (Å²) in [7, 11) is 0. The monoisotopic (exact) mass is 271 g/mol. The van der Waals surface area contributed by atoms with Crippen LogP contribution in [-0.2, 0) is 13.0 Å². The summed E-state index contributed by atoms with van der Waals surface area (Å²) in [5, 5.41) is 7.39. The summed E-state index contributed by atoms with van der Waals surface area (Å²) in [6.07, 6.45) is 3.38. The second-order valence-electron chi connectivity index (χ2n) is 5.54. The fourth-order valence-corrected chi connectivity index (χ4v) is 2.50. The van der Waals surface area contributed by atoms with Gasteiger partial charge >= 0.3 is 0 Å². The van der Waals surface area contributed by atoms with Gasteiger partial charge in [0.05, 0.1) is 6.54 Å². The largest absolute Gasteiger partial charge is 0.482 e. The van der Waals surface area contributed by atoms with Crippen LogP contribution in [0.5, 0.6) is 5.75 Å². The summed E-state index contributed by atoms with van der Waals surface area (Å²) >= 11 is 0. The molecule has 2 aliphatic rings. The normalized spacial score (nSPS) is 20.7. The molecule has 0 amide bonds. The number of nitrogens with one attached hydrogen (secondary N) is 1. The molecule has 2 aromatic rings. The van der Waals surface area contributed by atoms with Gasteiger partial charge in [-0.3, -0.25) is 0 Å². The van der Waals surface area contributed by atoms with Gasteiger partial charge in [-0.2, -0.15) is 4.98 Å². The molecule has 1 N–H and O–H groups in total. The zero-order valence-electron chi connectivity index (χ0n) is 11.2. The summed E-state index contributed by atoms with van der Waals surface area (Å²) in [4.78, 5) is 4.43. The van der Waals surface area contributed by atoms with Crippen LogP contribution in [0, 0.1) is 5.92 Å². The van der Waals surface area contributed by atoms with Crippen LogP contribution < -0.4 is 10.1 Å². The van der Waals surface area contributed by atoms with Crippen molar-refractivity contribution in [2.45, 2.75) is 31.9 Å². The molecule has 4 rings (SSSR count). The molecular weight excluding hydrogens is 254 g/mol. The topological polar surface area (TPSA) is 60.2 Å². The van der Waals surface area contributed by atoms with Crippen molar-refractivity contribution < 1.29 is 9.26 Å². The maximum atomic E-state index is 5.85. The molecule has 0 saturated heterocycles. The first-order valence-electron chi connectivity index (χ1n) is 7.16. The number of rotatable bonds is 5. The molecule has 2 heterocycles. The number of para-hydroxylation sites is 1. The van der Waals surface area contributed by atoms with Crippen LogP contribution >= 0.6 is 0 Å². The van der Waals surface area contributed by atoms with E-state index in [1.807, 2.05) is 18.2 Å². The lowest BCUT2D eigenvalue weighted by Gasteiger charge is -2.04. The molecule has 104 valence electrons. The lowest BCUT2D eigenvalue weighted by Crippen LogP contribution is -2.16. The average Bonchev–Trinajstić information content (AvgIpc) is 3.01. The van der Waals surface area contributed by atoms with E-state index in [0.717, 1.165) is 24.6 Å². The zero-order chi connectivity index (χ0) is 13.4. The number of benzene rings is 1. The van der Waals surface area contributed by atoms with Crippen LogP contribution in [-0.4, -0.2) is 16.7 Å². The van der Waals surface area contributed by atoms with Gasteiger partial charge in [-0.05, 0) is 36.9 Å². The molecule has 1 fully saturated rings. The Hall–Kier alpha value is -1.88. The van der Waals surface area contributed by atoms with Crippen molar-refractivity contribution in [3.63, 3.8) is 0 Å². The van der Waals surface area contributed by atoms with Gasteiger partial charge in [0.1, 0.15) is 5.75 Å². The van der Waals surface area contributed by atoms with Gasteiger partial charge in [0.25, 0.3) is 0 Å². The molecule has 0 radical (unpaired) electrons. The lowest BCUT2D eigenvalue weighted by molar-refractivity contribution is 0.221. The number of aromatic nitrogens is 2. The predicted octanol–water partition coefficient (Wildman–Crippen LogP) is 2.25. The molecular formula is C15H17N3O2. The van der Waals surface area contributed by atoms with E-state index in [0.29, 0.717) is 18.3 Å². The van der Waals surface area contributed by atoms with E-state index in [9.17, 15) is 0 Å². The van der Waals surface area contributed by atoms with Gasteiger partial charge < -0.3 is 14.6 Å². The summed E-state index contributed by atoms with van der Waals surface area (Å²) in [6.45, 7) is 1.69. The Morgan fingerprint density at radius 1 is 1.25 bits per heavy atom. The van der Waals surface area contributed by atoms with Crippen molar-refractivity contribution in [3.8, 4) is 5.75 Å². The van der Waals surface area contributed by atoms with Gasteiger partial charge in [-0.15, -0.1) is 0 Å². The third-order valence-electron chi connectivity index (χ3n) is 3.83. The Labute approximate surface area is 117 Å². The molecule has 1 aromatic carbocycles. The second kappa shape index (κ2) is 4.90. The highest BCUT2D eigenvalue weighted by atomic mass is 16.5. The second-order valence-corrected chi connectivity index (χ2v) is 5.54. The minimum atomic E-state index is -0.117. The highest BCUT2D eigenvalue weighted by Crippen LogP contribution is 2.35. The van der Waals surface area contributed by atoms with E-state index in [2.05, 4.69) is 21.5 Å². The summed E-state index contributed by atoms with van der Waals surface area (Å²) in [5.41, 5.74) is 1.20. The first-order chi connectivity index (χ1) is 9.88. The lowest BCUT2D eigenvalue weighted by atomic mass is 10.1. The van der Waals surface area contributed by atoms with Crippen molar-refractivity contribution in [2.75, 3.05) is 6.54 Å². The first-order valence-corrected chi connectivity index (χ1v) is 7.16. The predicted molar refractivity (Wildman–Crippen MR) is 72.2 cm³/mol. The summed E-state index contributed by atoms with van der Waals surface area (Å²) < 4.78 is 11.1. The summed E-state index contributed by atoms with van der Waals surface area (Å²) in [6, 6.07) is 8.06. The van der Waals surface area contributed by atoms with Crippen LogP contribution in [0.4, 0.5) is 0 Å². The number of fused-ring (bicyclic) bond motifs is 1. The van der Waals surface area contributed by atoms with Gasteiger partial charge in [0.2, 0.25) is 11.7 Å². The maximum absolute atomic E-state index is 5.85. The fraction of sp³-hybridized carbons (Fsp3) is 0.467. The van der Waals surface area contributed by atoms with Crippen LogP contribution in [0.2, 0.25) is 0 Å². The van der Waals surface area contributed by atoms with E-state index in [1.54, 1.807) is 0 Å². The molecule has 1 atom stereocenters. The van der Waals surface area contributed by atoms with Crippen molar-refractivity contribution in [1.82, 2.24) is 15.5 Å². The Morgan fingerprint density at radius 3 is 3.00 bits per heavy atom. The maximum Gasteiger partial charge on any atom is 0.240 e. The van der Waals surface area contributed by atoms with Crippen molar-refractivity contribution in [1.29, 1.82) is 0 Å². The standard InChI is InChI=1S/C15H17N3O2/c1-2-4-12-11(3-1)7-13(19-12)15-17-14(20-18-15)9-16-8-10-5-6-10/h1-4,10,13,16H,5-9H2. The number of hydrogen-bond donors (Lipinski definition) is 1. The molecule has 5 heteroatoms. The summed E-state index contributed by atoms with van der Waals surface area (Å²) in [5.74, 6) is 3.06. The van der Waals surface area contributed by atoms with E-state index < -0.39 is 0 Å². The van der Waals surface area contributed by atoms with E-state index in [4.69, 9.17) is 9.26 Å². The van der Waals surface area contributed by atoms with Crippen molar-refractivity contribution in [3.05, 3.63) is 41.5 Å². The van der Waals surface area contributed by atoms with Crippen LogP contribution in [0.15, 0.2) is 28.8 Å². The highest BCUT2D eigenvalue weighted by Gasteiger charge is 2.28. The Kier molecular flexibility index (Phi) is 2.92. The Morgan fingerprint density at radius 2 is 2.15 bits per heavy atom. The van der Waals surface area contributed by atoms with E-state index in [1.165, 1.54) is 18.4 Å². The molecule has 1 saturated carbocycles. The number of hydrogen-bond acceptors (Lipinski definition) is 5. The van der Waals surface area contributed by atoms with Gasteiger partial charge in [-0.25, -0.2) is 0 Å². The van der Waals surface area contributed by atoms with Crippen LogP contribution in [0.3, 0.4) is 0 Å². The quantitative estimate of drug-likeness (QED) is 0.903. The molecule has 1 aliphatic heterocycles. The van der Waals surface area contributed by atoms with Gasteiger partial charge in [0.15, 0.2) is 6.10 Å². The number of ether oxygens (including phenoxy) is 1. The van der Waals surface area contributed by atoms with E-state index in [-0.39, 0.29) is 6.10 Å². The third-order valence-corrected chi connectivity index (χ3v) is 3.83. The Balaban J connectivity index is 1.38. The van der Waals surface area contributed by atoms with Crippen LogP contribution in [0.25, 0.3) is 0 Å². The Bertz CT molecular complexity index is 582. The molecule has 1 aromatic heterocycles. The smallest absolute Gasteiger partial charge is 0.240 e. The minimum Gasteiger partial charge on any atom is -0.482 e. The molecule has 1 unspecified atom stereocenters.